The quantitative estimate of drug-likeness (QED) is 0.172. The van der Waals surface area contributed by atoms with Crippen LogP contribution in [-0.2, 0) is 44.8 Å². The second-order valence-corrected chi connectivity index (χ2v) is 15.2. The number of rotatable bonds is 10. The first-order chi connectivity index (χ1) is 25.5. The zero-order valence-corrected chi connectivity index (χ0v) is 31.8. The van der Waals surface area contributed by atoms with Gasteiger partial charge in [-0.3, -0.25) is 24.2 Å². The summed E-state index contributed by atoms with van der Waals surface area (Å²) in [5.74, 6) is -0.164. The molecule has 3 N–H and O–H groups in total. The van der Waals surface area contributed by atoms with Crippen molar-refractivity contribution in [1.82, 2.24) is 28.9 Å². The van der Waals surface area contributed by atoms with E-state index < -0.39 is 5.97 Å². The number of aromatic nitrogens is 4. The zero-order chi connectivity index (χ0) is 37.4. The van der Waals surface area contributed by atoms with Crippen LogP contribution in [0.4, 0.5) is 11.4 Å². The van der Waals surface area contributed by atoms with E-state index >= 15 is 0 Å². The van der Waals surface area contributed by atoms with Crippen LogP contribution in [0.3, 0.4) is 0 Å². The highest BCUT2D eigenvalue weighted by atomic mass is 35.5. The van der Waals surface area contributed by atoms with Gasteiger partial charge in [-0.25, -0.2) is 9.97 Å². The van der Waals surface area contributed by atoms with E-state index in [1.54, 1.807) is 6.07 Å². The van der Waals surface area contributed by atoms with Gasteiger partial charge in [-0.2, -0.15) is 0 Å². The number of hydrogen-bond acceptors (Lipinski definition) is 7. The molecule has 1 fully saturated rings. The van der Waals surface area contributed by atoms with Crippen molar-refractivity contribution in [3.05, 3.63) is 81.4 Å². The second kappa shape index (κ2) is 15.5. The Hall–Kier alpha value is -4.52. The van der Waals surface area contributed by atoms with Crippen molar-refractivity contribution in [3.63, 3.8) is 0 Å². The Morgan fingerprint density at radius 2 is 1.36 bits per heavy atom. The van der Waals surface area contributed by atoms with E-state index in [1.165, 1.54) is 0 Å². The molecule has 0 unspecified atom stereocenters. The zero-order valence-electron chi connectivity index (χ0n) is 31.0. The standard InChI is InChI=1S/C40H49ClN8O4/c1-5-48-20-17-33-31(22-48)42-36(46(33)3)38(50)44-29-10-6-8-27(24(29)2)28-9-7-11-30(35(28)41)45-39(51)37-43-32-23-49(21-18-34(32)47(37)4)19-16-25-12-14-26(15-13-25)40(52)53/h6-11,25-26H,5,12-23H2,1-4H3,(H,44,50)(H,45,51)(H,52,53)/t25-,26-. The summed E-state index contributed by atoms with van der Waals surface area (Å²) in [6.07, 6.45) is 6.21. The average Bonchev–Trinajstić information content (AvgIpc) is 3.67. The topological polar surface area (TPSA) is 138 Å². The normalized spacial score (nSPS) is 19.0. The summed E-state index contributed by atoms with van der Waals surface area (Å²) in [7, 11) is 3.79. The number of imidazole rings is 2. The summed E-state index contributed by atoms with van der Waals surface area (Å²) in [6, 6.07) is 11.2. The minimum absolute atomic E-state index is 0.190. The molecule has 0 atom stereocenters. The number of carbonyl (C=O) groups excluding carboxylic acids is 2. The molecule has 280 valence electrons. The number of likely N-dealkylation sites (N-methyl/N-ethyl adjacent to an activating group) is 1. The van der Waals surface area contributed by atoms with E-state index in [2.05, 4.69) is 27.4 Å². The number of carboxylic acids is 1. The van der Waals surface area contributed by atoms with Crippen LogP contribution in [0.2, 0.25) is 5.02 Å². The fourth-order valence-electron chi connectivity index (χ4n) is 8.35. The lowest BCUT2D eigenvalue weighted by molar-refractivity contribution is -0.143. The minimum atomic E-state index is -0.664. The number of nitrogens with zero attached hydrogens (tertiary/aromatic N) is 6. The lowest BCUT2D eigenvalue weighted by Gasteiger charge is -2.30. The van der Waals surface area contributed by atoms with E-state index in [4.69, 9.17) is 21.6 Å². The summed E-state index contributed by atoms with van der Waals surface area (Å²) in [5.41, 5.74) is 7.60. The van der Waals surface area contributed by atoms with Gasteiger partial charge in [-0.15, -0.1) is 0 Å². The number of hydrogen-bond donors (Lipinski definition) is 3. The van der Waals surface area contributed by atoms with Crippen LogP contribution in [0, 0.1) is 18.8 Å². The Bertz CT molecular complexity index is 2050. The van der Waals surface area contributed by atoms with E-state index in [-0.39, 0.29) is 17.7 Å². The van der Waals surface area contributed by atoms with Gasteiger partial charge >= 0.3 is 5.97 Å². The SMILES string of the molecule is CCN1CCc2c(nc(C(=O)Nc3cccc(-c4cccc(NC(=O)c5nc6c(n5C)CCN(CC[C@H]5CC[C@H](C(=O)O)CC5)C6)c4Cl)c3C)n2C)C1. The molecular weight excluding hydrogens is 692 g/mol. The monoisotopic (exact) mass is 740 g/mol. The maximum Gasteiger partial charge on any atom is 0.306 e. The Kier molecular flexibility index (Phi) is 10.7. The number of nitrogens with one attached hydrogen (secondary N) is 2. The summed E-state index contributed by atoms with van der Waals surface area (Å²) in [6.45, 7) is 9.24. The molecule has 13 heteroatoms. The lowest BCUT2D eigenvalue weighted by atomic mass is 9.80. The number of aliphatic carboxylic acids is 1. The third-order valence-electron chi connectivity index (χ3n) is 11.7. The molecule has 0 saturated heterocycles. The largest absolute Gasteiger partial charge is 0.481 e. The van der Waals surface area contributed by atoms with Crippen LogP contribution in [0.25, 0.3) is 11.1 Å². The Labute approximate surface area is 315 Å². The average molecular weight is 741 g/mol. The molecule has 3 aliphatic rings. The molecule has 2 amide bonds. The minimum Gasteiger partial charge on any atom is -0.481 e. The fraction of sp³-hybridized carbons (Fsp3) is 0.475. The molecule has 2 aromatic carbocycles. The van der Waals surface area contributed by atoms with Gasteiger partial charge in [0, 0.05) is 75.8 Å². The fourth-order valence-corrected chi connectivity index (χ4v) is 8.63. The highest BCUT2D eigenvalue weighted by Crippen LogP contribution is 2.38. The third kappa shape index (κ3) is 7.49. The second-order valence-electron chi connectivity index (χ2n) is 14.8. The van der Waals surface area contributed by atoms with Crippen LogP contribution in [0.1, 0.15) is 88.6 Å². The molecular formula is C40H49ClN8O4. The number of benzene rings is 2. The summed E-state index contributed by atoms with van der Waals surface area (Å²) >= 11 is 7.00. The molecule has 1 aliphatic carbocycles. The summed E-state index contributed by atoms with van der Waals surface area (Å²) in [5, 5.41) is 15.8. The molecule has 7 rings (SSSR count). The van der Waals surface area contributed by atoms with Gasteiger partial charge in [0.1, 0.15) is 0 Å². The molecule has 4 aromatic rings. The molecule has 0 bridgehead atoms. The van der Waals surface area contributed by atoms with Crippen LogP contribution in [0.15, 0.2) is 36.4 Å². The van der Waals surface area contributed by atoms with Gasteiger partial charge in [0.15, 0.2) is 11.6 Å². The molecule has 4 heterocycles. The molecule has 0 radical (unpaired) electrons. The molecule has 2 aliphatic heterocycles. The molecule has 12 nitrogen and oxygen atoms in total. The van der Waals surface area contributed by atoms with Gasteiger partial charge in [-0.05, 0) is 81.3 Å². The first-order valence-corrected chi connectivity index (χ1v) is 19.2. The number of amides is 2. The third-order valence-corrected chi connectivity index (χ3v) is 12.1. The van der Waals surface area contributed by atoms with Crippen LogP contribution < -0.4 is 10.6 Å². The van der Waals surface area contributed by atoms with Crippen molar-refractivity contribution in [2.45, 2.75) is 71.9 Å². The molecule has 0 spiro atoms. The van der Waals surface area contributed by atoms with E-state index in [0.717, 1.165) is 117 Å². The molecule has 53 heavy (non-hydrogen) atoms. The number of halogens is 1. The van der Waals surface area contributed by atoms with Crippen molar-refractivity contribution >= 4 is 40.8 Å². The molecule has 1 saturated carbocycles. The van der Waals surface area contributed by atoms with Crippen molar-refractivity contribution in [2.75, 3.05) is 36.8 Å². The Morgan fingerprint density at radius 1 is 0.811 bits per heavy atom. The Morgan fingerprint density at radius 3 is 1.96 bits per heavy atom. The Balaban J connectivity index is 1.02. The number of carboxylic acid groups (broad SMARTS) is 1. The predicted molar refractivity (Wildman–Crippen MR) is 205 cm³/mol. The highest BCUT2D eigenvalue weighted by Gasteiger charge is 2.29. The van der Waals surface area contributed by atoms with Gasteiger partial charge in [0.2, 0.25) is 0 Å². The number of anilines is 2. The first-order valence-electron chi connectivity index (χ1n) is 18.8. The maximum atomic E-state index is 13.7. The van der Waals surface area contributed by atoms with E-state index in [0.29, 0.717) is 40.5 Å². The van der Waals surface area contributed by atoms with Gasteiger partial charge in [0.25, 0.3) is 11.8 Å². The smallest absolute Gasteiger partial charge is 0.306 e. The van der Waals surface area contributed by atoms with Crippen LogP contribution in [0.5, 0.6) is 0 Å². The number of carbonyl (C=O) groups is 3. The van der Waals surface area contributed by atoms with Crippen LogP contribution in [-0.4, -0.2) is 78.0 Å². The highest BCUT2D eigenvalue weighted by molar-refractivity contribution is 6.36. The van der Waals surface area contributed by atoms with E-state index in [1.807, 2.05) is 60.5 Å². The summed E-state index contributed by atoms with van der Waals surface area (Å²) < 4.78 is 3.80. The first kappa shape index (κ1) is 36.8. The van der Waals surface area contributed by atoms with E-state index in [9.17, 15) is 19.5 Å². The molecule has 2 aromatic heterocycles. The lowest BCUT2D eigenvalue weighted by Crippen LogP contribution is -2.33. The van der Waals surface area contributed by atoms with Crippen molar-refractivity contribution in [2.24, 2.45) is 25.9 Å². The maximum absolute atomic E-state index is 13.7. The van der Waals surface area contributed by atoms with Gasteiger partial charge in [0.05, 0.1) is 28.0 Å². The van der Waals surface area contributed by atoms with Gasteiger partial charge in [-0.1, -0.05) is 42.8 Å². The number of fused-ring (bicyclic) bond motifs is 2. The van der Waals surface area contributed by atoms with Crippen molar-refractivity contribution in [1.29, 1.82) is 0 Å². The van der Waals surface area contributed by atoms with Crippen LogP contribution >= 0.6 is 11.6 Å². The predicted octanol–water partition coefficient (Wildman–Crippen LogP) is 6.30. The summed E-state index contributed by atoms with van der Waals surface area (Å²) in [4.78, 5) is 52.8. The van der Waals surface area contributed by atoms with Crippen molar-refractivity contribution in [3.8, 4) is 11.1 Å². The van der Waals surface area contributed by atoms with Gasteiger partial charge < -0.3 is 24.9 Å². The van der Waals surface area contributed by atoms with Crippen molar-refractivity contribution < 1.29 is 19.5 Å².